The molecule has 10 nitrogen and oxygen atoms in total. The van der Waals surface area contributed by atoms with Crippen molar-refractivity contribution in [2.75, 3.05) is 37.6 Å². The van der Waals surface area contributed by atoms with Gasteiger partial charge in [0.1, 0.15) is 5.52 Å². The first-order valence-corrected chi connectivity index (χ1v) is 10.9. The Kier molecular flexibility index (Phi) is 5.22. The van der Waals surface area contributed by atoms with Crippen molar-refractivity contribution in [2.24, 2.45) is 0 Å². The van der Waals surface area contributed by atoms with Crippen molar-refractivity contribution in [1.82, 2.24) is 39.1 Å². The zero-order chi connectivity index (χ0) is 22.2. The minimum absolute atomic E-state index is 0.0964. The summed E-state index contributed by atoms with van der Waals surface area (Å²) in [5.74, 6) is 1.64. The number of fused-ring (bicyclic) bond motifs is 1. The molecule has 10 heteroatoms. The first-order chi connectivity index (χ1) is 15.5. The van der Waals surface area contributed by atoms with Crippen LogP contribution in [0.1, 0.15) is 17.1 Å². The molecular weight excluding hydrogens is 406 g/mol. The lowest BCUT2D eigenvalue weighted by Gasteiger charge is -2.35. The number of rotatable bonds is 5. The van der Waals surface area contributed by atoms with Crippen LogP contribution in [0.4, 0.5) is 5.82 Å². The van der Waals surface area contributed by atoms with E-state index in [1.165, 1.54) is 4.68 Å². The molecule has 1 saturated heterocycles. The van der Waals surface area contributed by atoms with E-state index >= 15 is 0 Å². The van der Waals surface area contributed by atoms with Gasteiger partial charge >= 0.3 is 0 Å². The molecule has 1 aliphatic heterocycles. The Hall–Kier alpha value is -3.53. The van der Waals surface area contributed by atoms with Crippen LogP contribution in [0.3, 0.4) is 0 Å². The number of piperazine rings is 1. The molecule has 0 aliphatic carbocycles. The number of nitrogens with zero attached hydrogens (tertiary/aromatic N) is 9. The molecule has 0 radical (unpaired) electrons. The summed E-state index contributed by atoms with van der Waals surface area (Å²) < 4.78 is 5.20. The molecule has 0 saturated carbocycles. The van der Waals surface area contributed by atoms with Crippen molar-refractivity contribution in [3.05, 3.63) is 64.1 Å². The first kappa shape index (κ1) is 20.4. The highest BCUT2D eigenvalue weighted by Crippen LogP contribution is 2.20. The summed E-state index contributed by atoms with van der Waals surface area (Å²) in [7, 11) is 0. The van der Waals surface area contributed by atoms with Gasteiger partial charge in [0, 0.05) is 56.9 Å². The molecular formula is C22H27N9O. The molecule has 1 fully saturated rings. The number of anilines is 1. The van der Waals surface area contributed by atoms with Crippen molar-refractivity contribution in [3.63, 3.8) is 0 Å². The van der Waals surface area contributed by atoms with E-state index in [2.05, 4.69) is 36.1 Å². The summed E-state index contributed by atoms with van der Waals surface area (Å²) in [5, 5.41) is 13.5. The maximum Gasteiger partial charge on any atom is 0.266 e. The molecule has 0 aromatic carbocycles. The lowest BCUT2D eigenvalue weighted by molar-refractivity contribution is 0.242. The van der Waals surface area contributed by atoms with Gasteiger partial charge < -0.3 is 4.90 Å². The maximum absolute atomic E-state index is 12.4. The summed E-state index contributed by atoms with van der Waals surface area (Å²) in [5.41, 5.74) is 3.85. The molecule has 32 heavy (non-hydrogen) atoms. The summed E-state index contributed by atoms with van der Waals surface area (Å²) in [6, 6.07) is 7.36. The SMILES string of the molecule is Cc1cc(C)n(-c2ccc(=O)n(CCN3CCN(c4nccn5nc(C)cc45)CC3)n2)n1. The molecule has 166 valence electrons. The Morgan fingerprint density at radius 2 is 1.69 bits per heavy atom. The van der Waals surface area contributed by atoms with Gasteiger partial charge in [-0.15, -0.1) is 5.10 Å². The molecule has 4 aromatic rings. The van der Waals surface area contributed by atoms with Crippen molar-refractivity contribution >= 4 is 11.3 Å². The highest BCUT2D eigenvalue weighted by Gasteiger charge is 2.20. The van der Waals surface area contributed by atoms with E-state index in [0.29, 0.717) is 12.4 Å². The van der Waals surface area contributed by atoms with Crippen LogP contribution in [-0.4, -0.2) is 71.8 Å². The number of aromatic nitrogens is 7. The molecule has 0 atom stereocenters. The highest BCUT2D eigenvalue weighted by molar-refractivity contribution is 5.69. The zero-order valence-corrected chi connectivity index (χ0v) is 18.6. The van der Waals surface area contributed by atoms with Gasteiger partial charge in [-0.25, -0.2) is 18.9 Å². The maximum atomic E-state index is 12.4. The molecule has 5 rings (SSSR count). The van der Waals surface area contributed by atoms with E-state index in [4.69, 9.17) is 0 Å². The molecule has 0 bridgehead atoms. The van der Waals surface area contributed by atoms with Gasteiger partial charge in [-0.05, 0) is 39.0 Å². The van der Waals surface area contributed by atoms with Crippen LogP contribution in [0, 0.1) is 20.8 Å². The third kappa shape index (κ3) is 3.89. The van der Waals surface area contributed by atoms with Gasteiger partial charge in [-0.1, -0.05) is 0 Å². The Balaban J connectivity index is 1.24. The van der Waals surface area contributed by atoms with Crippen molar-refractivity contribution < 1.29 is 0 Å². The van der Waals surface area contributed by atoms with Crippen LogP contribution in [0.5, 0.6) is 0 Å². The zero-order valence-electron chi connectivity index (χ0n) is 18.6. The fourth-order valence-electron chi connectivity index (χ4n) is 4.27. The van der Waals surface area contributed by atoms with Crippen LogP contribution in [-0.2, 0) is 6.54 Å². The minimum atomic E-state index is -0.0964. The lowest BCUT2D eigenvalue weighted by Crippen LogP contribution is -2.48. The lowest BCUT2D eigenvalue weighted by atomic mass is 10.3. The van der Waals surface area contributed by atoms with E-state index in [1.54, 1.807) is 23.0 Å². The van der Waals surface area contributed by atoms with E-state index in [-0.39, 0.29) is 5.56 Å². The summed E-state index contributed by atoms with van der Waals surface area (Å²) in [6.07, 6.45) is 3.68. The molecule has 0 N–H and O–H groups in total. The van der Waals surface area contributed by atoms with Gasteiger partial charge in [-0.2, -0.15) is 10.2 Å². The summed E-state index contributed by atoms with van der Waals surface area (Å²) >= 11 is 0. The molecule has 1 aliphatic rings. The smallest absolute Gasteiger partial charge is 0.266 e. The van der Waals surface area contributed by atoms with Gasteiger partial charge in [0.05, 0.1) is 17.9 Å². The Morgan fingerprint density at radius 3 is 2.44 bits per heavy atom. The third-order valence-corrected chi connectivity index (χ3v) is 5.87. The van der Waals surface area contributed by atoms with Crippen molar-refractivity contribution in [1.29, 1.82) is 0 Å². The number of aryl methyl sites for hydroxylation is 3. The van der Waals surface area contributed by atoms with Crippen molar-refractivity contribution in [3.8, 4) is 5.82 Å². The molecule has 4 aromatic heterocycles. The van der Waals surface area contributed by atoms with Crippen LogP contribution >= 0.6 is 0 Å². The minimum Gasteiger partial charge on any atom is -0.352 e. The number of hydrogen-bond donors (Lipinski definition) is 0. The van der Waals surface area contributed by atoms with Gasteiger partial charge in [0.2, 0.25) is 0 Å². The predicted octanol–water partition coefficient (Wildman–Crippen LogP) is 1.22. The molecule has 0 amide bonds. The first-order valence-electron chi connectivity index (χ1n) is 10.9. The van der Waals surface area contributed by atoms with Crippen molar-refractivity contribution in [2.45, 2.75) is 27.3 Å². The molecule has 5 heterocycles. The Morgan fingerprint density at radius 1 is 0.906 bits per heavy atom. The fraction of sp³-hybridized carbons (Fsp3) is 0.409. The van der Waals surface area contributed by atoms with Crippen LogP contribution < -0.4 is 10.5 Å². The van der Waals surface area contributed by atoms with Crippen LogP contribution in [0.2, 0.25) is 0 Å². The average molecular weight is 434 g/mol. The fourth-order valence-corrected chi connectivity index (χ4v) is 4.27. The summed E-state index contributed by atoms with van der Waals surface area (Å²) in [4.78, 5) is 21.6. The third-order valence-electron chi connectivity index (χ3n) is 5.87. The topological polar surface area (TPSA) is 89.4 Å². The predicted molar refractivity (Wildman–Crippen MR) is 121 cm³/mol. The normalized spacial score (nSPS) is 15.0. The Bertz CT molecular complexity index is 1310. The van der Waals surface area contributed by atoms with Gasteiger partial charge in [-0.3, -0.25) is 9.69 Å². The standard InChI is InChI=1S/C22H27N9O/c1-16-14-18(3)31(25-16)20-4-5-21(32)30(26-20)13-10-27-8-11-28(12-9-27)22-19-15-17(2)24-29(19)7-6-23-22/h4-7,14-15H,8-13H2,1-3H3. The second-order valence-corrected chi connectivity index (χ2v) is 8.29. The second-order valence-electron chi connectivity index (χ2n) is 8.29. The molecule has 0 spiro atoms. The average Bonchev–Trinajstić information content (AvgIpc) is 3.33. The second kappa shape index (κ2) is 8.19. The van der Waals surface area contributed by atoms with E-state index in [1.807, 2.05) is 37.5 Å². The van der Waals surface area contributed by atoms with E-state index in [9.17, 15) is 4.79 Å². The Labute approximate surface area is 185 Å². The monoisotopic (exact) mass is 433 g/mol. The number of hydrogen-bond acceptors (Lipinski definition) is 7. The van der Waals surface area contributed by atoms with Crippen LogP contribution in [0.25, 0.3) is 11.3 Å². The van der Waals surface area contributed by atoms with Gasteiger partial charge in [0.25, 0.3) is 5.56 Å². The highest BCUT2D eigenvalue weighted by atomic mass is 16.1. The summed E-state index contributed by atoms with van der Waals surface area (Å²) in [6.45, 7) is 10.8. The van der Waals surface area contributed by atoms with Crippen LogP contribution in [0.15, 0.2) is 41.5 Å². The molecule has 0 unspecified atom stereocenters. The van der Waals surface area contributed by atoms with Gasteiger partial charge in [0.15, 0.2) is 11.6 Å². The van der Waals surface area contributed by atoms with E-state index < -0.39 is 0 Å². The van der Waals surface area contributed by atoms with E-state index in [0.717, 1.165) is 61.1 Å². The quantitative estimate of drug-likeness (QED) is 0.467. The largest absolute Gasteiger partial charge is 0.352 e.